The van der Waals surface area contributed by atoms with Crippen molar-refractivity contribution in [3.63, 3.8) is 0 Å². The largest absolute Gasteiger partial charge is 0.507 e. The van der Waals surface area contributed by atoms with Crippen LogP contribution in [0.1, 0.15) is 24.0 Å². The first-order chi connectivity index (χ1) is 16.4. The van der Waals surface area contributed by atoms with Gasteiger partial charge in [0.1, 0.15) is 5.75 Å². The molecule has 0 aliphatic heterocycles. The fourth-order valence-corrected chi connectivity index (χ4v) is 5.22. The summed E-state index contributed by atoms with van der Waals surface area (Å²) in [7, 11) is 0. The summed E-state index contributed by atoms with van der Waals surface area (Å²) in [5, 5.41) is 11.1. The number of pyridine rings is 1. The highest BCUT2D eigenvalue weighted by Gasteiger charge is 2.32. The molecule has 0 spiro atoms. The molecule has 1 heterocycles. The first-order valence-electron chi connectivity index (χ1n) is 10.9. The van der Waals surface area contributed by atoms with Crippen LogP contribution in [0.5, 0.6) is 5.75 Å². The molecule has 34 heavy (non-hydrogen) atoms. The van der Waals surface area contributed by atoms with Gasteiger partial charge in [-0.1, -0.05) is 52.3 Å². The average Bonchev–Trinajstić information content (AvgIpc) is 2.83. The summed E-state index contributed by atoms with van der Waals surface area (Å²) < 4.78 is 7.42. The second-order valence-corrected chi connectivity index (χ2v) is 10.2. The molecule has 1 aliphatic rings. The summed E-state index contributed by atoms with van der Waals surface area (Å²) in [6.45, 7) is 1.66. The number of benzene rings is 3. The molecule has 6 heteroatoms. The molecule has 4 nitrogen and oxygen atoms in total. The van der Waals surface area contributed by atoms with Gasteiger partial charge in [0, 0.05) is 39.1 Å². The van der Waals surface area contributed by atoms with Crippen LogP contribution in [0.25, 0.3) is 33.5 Å². The molecule has 1 N–H and O–H groups in total. The van der Waals surface area contributed by atoms with Crippen molar-refractivity contribution in [3.8, 4) is 39.3 Å². The number of aromatic nitrogens is 1. The molecule has 5 rings (SSSR count). The molecule has 1 aromatic heterocycles. The number of aromatic hydroxyl groups is 1. The van der Waals surface area contributed by atoms with Gasteiger partial charge in [-0.3, -0.25) is 9.78 Å². The van der Waals surface area contributed by atoms with E-state index in [9.17, 15) is 9.90 Å². The van der Waals surface area contributed by atoms with Gasteiger partial charge < -0.3 is 9.84 Å². The zero-order chi connectivity index (χ0) is 23.8. The molecule has 0 amide bonds. The molecule has 1 unspecified atom stereocenters. The zero-order valence-electron chi connectivity index (χ0n) is 18.4. The number of hydrogen-bond acceptors (Lipinski definition) is 4. The summed E-state index contributed by atoms with van der Waals surface area (Å²) in [6.07, 6.45) is 2.45. The quantitative estimate of drug-likeness (QED) is 0.254. The molecule has 1 atom stereocenters. The first kappa shape index (κ1) is 22.8. The molecular formula is C28H21Br2NO3. The third-order valence-electron chi connectivity index (χ3n) is 6.17. The number of esters is 1. The van der Waals surface area contributed by atoms with E-state index in [1.54, 1.807) is 12.3 Å². The fourth-order valence-electron chi connectivity index (χ4n) is 4.72. The highest BCUT2D eigenvalue weighted by atomic mass is 79.9. The summed E-state index contributed by atoms with van der Waals surface area (Å²) in [4.78, 5) is 16.3. The van der Waals surface area contributed by atoms with Crippen LogP contribution in [0.4, 0.5) is 0 Å². The van der Waals surface area contributed by atoms with Crippen molar-refractivity contribution in [1.29, 1.82) is 0 Å². The van der Waals surface area contributed by atoms with E-state index < -0.39 is 0 Å². The average molecular weight is 579 g/mol. The van der Waals surface area contributed by atoms with Gasteiger partial charge in [-0.15, -0.1) is 0 Å². The fraction of sp³-hybridized carbons (Fsp3) is 0.143. The molecule has 170 valence electrons. The molecular weight excluding hydrogens is 558 g/mol. The topological polar surface area (TPSA) is 59.4 Å². The molecule has 0 saturated heterocycles. The van der Waals surface area contributed by atoms with Crippen molar-refractivity contribution in [1.82, 2.24) is 4.98 Å². The minimum absolute atomic E-state index is 0.117. The van der Waals surface area contributed by atoms with E-state index in [1.165, 1.54) is 6.92 Å². The van der Waals surface area contributed by atoms with E-state index in [-0.39, 0.29) is 24.2 Å². The summed E-state index contributed by atoms with van der Waals surface area (Å²) in [5.74, 6) is -0.222. The molecule has 1 aliphatic carbocycles. The van der Waals surface area contributed by atoms with Crippen LogP contribution >= 0.6 is 31.9 Å². The Labute approximate surface area is 214 Å². The van der Waals surface area contributed by atoms with Crippen molar-refractivity contribution in [2.24, 2.45) is 0 Å². The van der Waals surface area contributed by atoms with E-state index in [4.69, 9.17) is 4.74 Å². The van der Waals surface area contributed by atoms with Crippen LogP contribution in [-0.2, 0) is 16.0 Å². The van der Waals surface area contributed by atoms with Crippen molar-refractivity contribution < 1.29 is 14.6 Å². The lowest BCUT2D eigenvalue weighted by Crippen LogP contribution is -2.20. The van der Waals surface area contributed by atoms with Gasteiger partial charge in [0.05, 0.1) is 12.3 Å². The number of carbonyl (C=O) groups excluding carboxylic acids is 1. The van der Waals surface area contributed by atoms with Crippen LogP contribution in [0.3, 0.4) is 0 Å². The number of ether oxygens (including phenoxy) is 1. The third kappa shape index (κ3) is 4.28. The predicted molar refractivity (Wildman–Crippen MR) is 141 cm³/mol. The van der Waals surface area contributed by atoms with Gasteiger partial charge >= 0.3 is 5.97 Å². The Morgan fingerprint density at radius 1 is 0.971 bits per heavy atom. The normalized spacial score (nSPS) is 14.3. The molecule has 0 bridgehead atoms. The Morgan fingerprint density at radius 3 is 2.41 bits per heavy atom. The predicted octanol–water partition coefficient (Wildman–Crippen LogP) is 7.52. The van der Waals surface area contributed by atoms with Gasteiger partial charge in [0.2, 0.25) is 0 Å². The lowest BCUT2D eigenvalue weighted by molar-refractivity contribution is -0.141. The van der Waals surface area contributed by atoms with Crippen LogP contribution in [-0.4, -0.2) is 22.7 Å². The van der Waals surface area contributed by atoms with E-state index >= 15 is 0 Å². The molecule has 0 fully saturated rings. The Morgan fingerprint density at radius 2 is 1.71 bits per heavy atom. The van der Waals surface area contributed by atoms with E-state index in [0.29, 0.717) is 6.42 Å². The van der Waals surface area contributed by atoms with Gasteiger partial charge in [-0.05, 0) is 80.5 Å². The summed E-state index contributed by atoms with van der Waals surface area (Å²) in [6, 6.07) is 21.9. The number of phenolic OH excluding ortho intramolecular Hbond substituents is 1. The first-order valence-corrected chi connectivity index (χ1v) is 12.5. The Bertz CT molecular complexity index is 1380. The lowest BCUT2D eigenvalue weighted by Gasteiger charge is -2.31. The second kappa shape index (κ2) is 9.35. The third-order valence-corrected chi connectivity index (χ3v) is 7.17. The number of rotatable bonds is 4. The smallest absolute Gasteiger partial charge is 0.302 e. The molecule has 4 aromatic rings. The van der Waals surface area contributed by atoms with Crippen LogP contribution in [0, 0.1) is 0 Å². The lowest BCUT2D eigenvalue weighted by atomic mass is 9.74. The highest BCUT2D eigenvalue weighted by Crippen LogP contribution is 2.50. The second-order valence-electron chi connectivity index (χ2n) is 8.32. The maximum absolute atomic E-state index is 11.7. The Balaban J connectivity index is 1.75. The van der Waals surface area contributed by atoms with Crippen molar-refractivity contribution in [2.45, 2.75) is 19.3 Å². The van der Waals surface area contributed by atoms with Gasteiger partial charge in [-0.25, -0.2) is 0 Å². The SMILES string of the molecule is CC(=O)OCC1Cc2c(-c3ccc(Br)cn3)cccc2-c2c(O)ccc(-c3ccc(Br)cc3)c21. The molecule has 0 radical (unpaired) electrons. The van der Waals surface area contributed by atoms with Gasteiger partial charge in [0.25, 0.3) is 0 Å². The Hall–Kier alpha value is -2.96. The minimum atomic E-state index is -0.319. The molecule has 0 saturated carbocycles. The number of phenols is 1. The van der Waals surface area contributed by atoms with Gasteiger partial charge in [0.15, 0.2) is 0 Å². The van der Waals surface area contributed by atoms with E-state index in [1.807, 2.05) is 42.5 Å². The van der Waals surface area contributed by atoms with Gasteiger partial charge in [-0.2, -0.15) is 0 Å². The van der Waals surface area contributed by atoms with Crippen LogP contribution < -0.4 is 0 Å². The van der Waals surface area contributed by atoms with Crippen molar-refractivity contribution in [3.05, 3.63) is 93.0 Å². The van der Waals surface area contributed by atoms with Crippen LogP contribution in [0.15, 0.2) is 81.9 Å². The van der Waals surface area contributed by atoms with Crippen LogP contribution in [0.2, 0.25) is 0 Å². The number of nitrogens with zero attached hydrogens (tertiary/aromatic N) is 1. The number of halogens is 2. The standard InChI is InChI=1S/C28H21Br2NO3/c1-16(32)34-15-18-13-24-22(25-11-9-20(30)14-31-25)3-2-4-23(24)28-26(33)12-10-21(27(18)28)17-5-7-19(29)8-6-17/h2-12,14,18,33H,13,15H2,1H3. The van der Waals surface area contributed by atoms with Crippen molar-refractivity contribution in [2.75, 3.05) is 6.61 Å². The van der Waals surface area contributed by atoms with E-state index in [2.05, 4.69) is 55.0 Å². The van der Waals surface area contributed by atoms with Crippen molar-refractivity contribution >= 4 is 37.8 Å². The number of hydrogen-bond donors (Lipinski definition) is 1. The maximum Gasteiger partial charge on any atom is 0.302 e. The minimum Gasteiger partial charge on any atom is -0.507 e. The maximum atomic E-state index is 11.7. The Kier molecular flexibility index (Phi) is 6.28. The highest BCUT2D eigenvalue weighted by molar-refractivity contribution is 9.10. The summed E-state index contributed by atoms with van der Waals surface area (Å²) >= 11 is 6.96. The zero-order valence-corrected chi connectivity index (χ0v) is 21.6. The number of carbonyl (C=O) groups is 1. The number of fused-ring (bicyclic) bond motifs is 3. The summed E-state index contributed by atoms with van der Waals surface area (Å²) in [5.41, 5.74) is 7.79. The molecule has 3 aromatic carbocycles. The van der Waals surface area contributed by atoms with E-state index in [0.717, 1.165) is 53.6 Å². The monoisotopic (exact) mass is 577 g/mol.